The maximum absolute atomic E-state index is 13.5. The van der Waals surface area contributed by atoms with Gasteiger partial charge < -0.3 is 0 Å². The normalized spacial score (nSPS) is 13.3. The van der Waals surface area contributed by atoms with Crippen molar-refractivity contribution in [1.29, 1.82) is 0 Å². The van der Waals surface area contributed by atoms with Gasteiger partial charge in [0, 0.05) is 9.13 Å². The Morgan fingerprint density at radius 1 is 1.05 bits per heavy atom. The van der Waals surface area contributed by atoms with Gasteiger partial charge in [0.1, 0.15) is 5.82 Å². The van der Waals surface area contributed by atoms with Crippen LogP contribution in [0.3, 0.4) is 0 Å². The van der Waals surface area contributed by atoms with Crippen LogP contribution < -0.4 is 5.43 Å². The van der Waals surface area contributed by atoms with Crippen molar-refractivity contribution in [3.63, 3.8) is 0 Å². The van der Waals surface area contributed by atoms with Gasteiger partial charge in [0.05, 0.1) is 11.1 Å². The summed E-state index contributed by atoms with van der Waals surface area (Å²) >= 11 is 1.80. The van der Waals surface area contributed by atoms with Gasteiger partial charge in [0.15, 0.2) is 0 Å². The molecule has 3 amide bonds. The fourth-order valence-corrected chi connectivity index (χ4v) is 2.43. The average molecular weight is 410 g/mol. The van der Waals surface area contributed by atoms with E-state index >= 15 is 0 Å². The number of imide groups is 1. The molecule has 22 heavy (non-hydrogen) atoms. The highest BCUT2D eigenvalue weighted by atomic mass is 127. The number of hydrogen-bond donors (Lipinski definition) is 1. The Balaban J connectivity index is 1.85. The highest BCUT2D eigenvalue weighted by Crippen LogP contribution is 2.21. The molecule has 1 aliphatic rings. The number of halogens is 2. The summed E-state index contributed by atoms with van der Waals surface area (Å²) in [5.41, 5.74) is 2.68. The van der Waals surface area contributed by atoms with Crippen molar-refractivity contribution in [3.05, 3.63) is 68.5 Å². The molecule has 1 N–H and O–H groups in total. The third kappa shape index (κ3) is 2.37. The molecule has 0 unspecified atom stereocenters. The van der Waals surface area contributed by atoms with Crippen molar-refractivity contribution < 1.29 is 18.8 Å². The van der Waals surface area contributed by atoms with Gasteiger partial charge in [-0.3, -0.25) is 19.8 Å². The zero-order valence-corrected chi connectivity index (χ0v) is 13.1. The van der Waals surface area contributed by atoms with Crippen molar-refractivity contribution in [3.8, 4) is 0 Å². The van der Waals surface area contributed by atoms with Crippen LogP contribution in [-0.2, 0) is 0 Å². The van der Waals surface area contributed by atoms with Gasteiger partial charge >= 0.3 is 0 Å². The van der Waals surface area contributed by atoms with Crippen molar-refractivity contribution in [2.75, 3.05) is 0 Å². The second-order valence-corrected chi connectivity index (χ2v) is 5.72. The first-order valence-electron chi connectivity index (χ1n) is 6.23. The number of rotatable bonds is 2. The number of benzene rings is 2. The minimum Gasteiger partial charge on any atom is -0.267 e. The number of fused-ring (bicyclic) bond motifs is 1. The van der Waals surface area contributed by atoms with Crippen molar-refractivity contribution in [1.82, 2.24) is 10.4 Å². The van der Waals surface area contributed by atoms with E-state index in [2.05, 4.69) is 5.43 Å². The fourth-order valence-electron chi connectivity index (χ4n) is 2.09. The van der Waals surface area contributed by atoms with Crippen LogP contribution in [0, 0.1) is 9.39 Å². The smallest absolute Gasteiger partial charge is 0.267 e. The van der Waals surface area contributed by atoms with Crippen LogP contribution in [0.4, 0.5) is 4.39 Å². The number of hydrazine groups is 1. The second-order valence-electron chi connectivity index (χ2n) is 4.56. The lowest BCUT2D eigenvalue weighted by Crippen LogP contribution is -2.45. The van der Waals surface area contributed by atoms with Crippen molar-refractivity contribution >= 4 is 40.3 Å². The molecule has 0 aliphatic carbocycles. The number of carbonyl (C=O) groups is 3. The van der Waals surface area contributed by atoms with Gasteiger partial charge in [-0.05, 0) is 52.9 Å². The molecular formula is C15H8FIN2O3. The van der Waals surface area contributed by atoms with Gasteiger partial charge in [0.2, 0.25) is 0 Å². The molecule has 0 atom stereocenters. The zero-order valence-electron chi connectivity index (χ0n) is 11.0. The summed E-state index contributed by atoms with van der Waals surface area (Å²) in [6, 6.07) is 10.2. The lowest BCUT2D eigenvalue weighted by Gasteiger charge is -2.15. The van der Waals surface area contributed by atoms with E-state index in [4.69, 9.17) is 0 Å². The second kappa shape index (κ2) is 5.48. The Hall–Kier alpha value is -2.29. The average Bonchev–Trinajstić information content (AvgIpc) is 2.75. The van der Waals surface area contributed by atoms with Crippen LogP contribution in [0.5, 0.6) is 0 Å². The number of carbonyl (C=O) groups excluding carboxylic acids is 3. The van der Waals surface area contributed by atoms with E-state index in [1.165, 1.54) is 24.3 Å². The minimum atomic E-state index is -0.732. The molecule has 0 saturated carbocycles. The van der Waals surface area contributed by atoms with Crippen LogP contribution in [-0.4, -0.2) is 22.7 Å². The van der Waals surface area contributed by atoms with Crippen LogP contribution in [0.2, 0.25) is 0 Å². The quantitative estimate of drug-likeness (QED) is 0.611. The molecule has 0 spiro atoms. The highest BCUT2D eigenvalue weighted by molar-refractivity contribution is 14.1. The Kier molecular flexibility index (Phi) is 3.65. The first kappa shape index (κ1) is 14.6. The van der Waals surface area contributed by atoms with Gasteiger partial charge in [-0.1, -0.05) is 12.1 Å². The summed E-state index contributed by atoms with van der Waals surface area (Å²) < 4.78 is 13.9. The predicted molar refractivity (Wildman–Crippen MR) is 83.5 cm³/mol. The Labute approximate surface area is 138 Å². The maximum Gasteiger partial charge on any atom is 0.280 e. The van der Waals surface area contributed by atoms with Gasteiger partial charge in [-0.2, -0.15) is 5.01 Å². The van der Waals surface area contributed by atoms with Crippen LogP contribution >= 0.6 is 22.6 Å². The van der Waals surface area contributed by atoms with Crippen LogP contribution in [0.1, 0.15) is 31.1 Å². The molecule has 0 bridgehead atoms. The van der Waals surface area contributed by atoms with E-state index in [1.807, 2.05) is 0 Å². The number of hydrogen-bond acceptors (Lipinski definition) is 3. The van der Waals surface area contributed by atoms with Crippen molar-refractivity contribution in [2.45, 2.75) is 0 Å². The third-order valence-corrected chi connectivity index (χ3v) is 4.06. The third-order valence-electron chi connectivity index (χ3n) is 3.19. The Morgan fingerprint density at radius 2 is 1.64 bits per heavy atom. The standard InChI is InChI=1S/C15H8FIN2O3/c16-11-7-8(5-6-12(11)17)13(20)18-19-14(21)9-3-1-2-4-10(9)15(19)22/h1-7H,(H,18,20). The molecule has 2 aromatic rings. The topological polar surface area (TPSA) is 66.5 Å². The summed E-state index contributed by atoms with van der Waals surface area (Å²) in [6.45, 7) is 0. The lowest BCUT2D eigenvalue weighted by molar-refractivity contribution is 0.0518. The molecule has 3 rings (SSSR count). The summed E-state index contributed by atoms with van der Waals surface area (Å²) in [5.74, 6) is -2.50. The molecule has 0 radical (unpaired) electrons. The SMILES string of the molecule is O=C(NN1C(=O)c2ccccc2C1=O)c1ccc(I)c(F)c1. The van der Waals surface area contributed by atoms with Crippen LogP contribution in [0.25, 0.3) is 0 Å². The number of nitrogens with zero attached hydrogens (tertiary/aromatic N) is 1. The van der Waals surface area contributed by atoms with Gasteiger partial charge in [-0.15, -0.1) is 0 Å². The highest BCUT2D eigenvalue weighted by Gasteiger charge is 2.36. The molecule has 110 valence electrons. The molecule has 5 nitrogen and oxygen atoms in total. The minimum absolute atomic E-state index is 0.0227. The Bertz CT molecular complexity index is 787. The molecule has 2 aromatic carbocycles. The largest absolute Gasteiger partial charge is 0.280 e. The van der Waals surface area contributed by atoms with E-state index in [0.717, 1.165) is 6.07 Å². The maximum atomic E-state index is 13.5. The number of amides is 3. The van der Waals surface area contributed by atoms with Crippen molar-refractivity contribution in [2.24, 2.45) is 0 Å². The monoisotopic (exact) mass is 410 g/mol. The molecule has 1 heterocycles. The van der Waals surface area contributed by atoms with Crippen LogP contribution in [0.15, 0.2) is 42.5 Å². The molecule has 0 aromatic heterocycles. The van der Waals surface area contributed by atoms with E-state index < -0.39 is 23.5 Å². The summed E-state index contributed by atoms with van der Waals surface area (Å²) in [6.07, 6.45) is 0. The predicted octanol–water partition coefficient (Wildman–Crippen LogP) is 2.37. The van der Waals surface area contributed by atoms with Gasteiger partial charge in [0.25, 0.3) is 17.7 Å². The summed E-state index contributed by atoms with van der Waals surface area (Å²) in [5, 5.41) is 0.642. The van der Waals surface area contributed by atoms with E-state index in [0.29, 0.717) is 8.58 Å². The molecule has 0 fully saturated rings. The fraction of sp³-hybridized carbons (Fsp3) is 0. The summed E-state index contributed by atoms with van der Waals surface area (Å²) in [4.78, 5) is 36.3. The zero-order chi connectivity index (χ0) is 15.9. The van der Waals surface area contributed by atoms with E-state index in [-0.39, 0.29) is 16.7 Å². The molecule has 7 heteroatoms. The Morgan fingerprint density at radius 3 is 2.18 bits per heavy atom. The summed E-state index contributed by atoms with van der Waals surface area (Å²) in [7, 11) is 0. The lowest BCUT2D eigenvalue weighted by atomic mass is 10.1. The number of nitrogens with one attached hydrogen (secondary N) is 1. The first-order valence-corrected chi connectivity index (χ1v) is 7.31. The first-order chi connectivity index (χ1) is 10.5. The van der Waals surface area contributed by atoms with E-state index in [1.54, 1.807) is 34.7 Å². The molecular weight excluding hydrogens is 402 g/mol. The van der Waals surface area contributed by atoms with E-state index in [9.17, 15) is 18.8 Å². The van der Waals surface area contributed by atoms with Gasteiger partial charge in [-0.25, -0.2) is 4.39 Å². The molecule has 0 saturated heterocycles. The molecule has 1 aliphatic heterocycles.